The number of nitrogens with zero attached hydrogens (tertiary/aromatic N) is 2. The highest BCUT2D eigenvalue weighted by atomic mass is 32.1. The van der Waals surface area contributed by atoms with Crippen molar-refractivity contribution in [2.45, 2.75) is 32.9 Å². The second-order valence-corrected chi connectivity index (χ2v) is 5.39. The monoisotopic (exact) mass is 271 g/mol. The first-order valence-electron chi connectivity index (χ1n) is 6.37. The molecule has 4 heteroatoms. The predicted octanol–water partition coefficient (Wildman–Crippen LogP) is 3.56. The SMILES string of the molecule is CCC(NCc1ccc(C#N)cc1C)c1nccs1. The van der Waals surface area contributed by atoms with E-state index in [1.807, 2.05) is 36.7 Å². The van der Waals surface area contributed by atoms with Crippen molar-refractivity contribution in [1.29, 1.82) is 5.26 Å². The number of benzene rings is 1. The molecule has 0 aliphatic heterocycles. The van der Waals surface area contributed by atoms with Crippen molar-refractivity contribution in [1.82, 2.24) is 10.3 Å². The maximum absolute atomic E-state index is 8.86. The van der Waals surface area contributed by atoms with Crippen LogP contribution in [0.2, 0.25) is 0 Å². The van der Waals surface area contributed by atoms with Crippen molar-refractivity contribution in [2.24, 2.45) is 0 Å². The van der Waals surface area contributed by atoms with E-state index in [9.17, 15) is 0 Å². The molecule has 1 N–H and O–H groups in total. The summed E-state index contributed by atoms with van der Waals surface area (Å²) in [4.78, 5) is 4.36. The van der Waals surface area contributed by atoms with Gasteiger partial charge < -0.3 is 5.32 Å². The van der Waals surface area contributed by atoms with Gasteiger partial charge in [0.2, 0.25) is 0 Å². The lowest BCUT2D eigenvalue weighted by Crippen LogP contribution is -2.20. The minimum absolute atomic E-state index is 0.301. The number of hydrogen-bond acceptors (Lipinski definition) is 4. The highest BCUT2D eigenvalue weighted by Gasteiger charge is 2.11. The van der Waals surface area contributed by atoms with Gasteiger partial charge >= 0.3 is 0 Å². The number of nitrogens with one attached hydrogen (secondary N) is 1. The van der Waals surface area contributed by atoms with Gasteiger partial charge in [-0.3, -0.25) is 0 Å². The van der Waals surface area contributed by atoms with Crippen LogP contribution in [-0.2, 0) is 6.54 Å². The minimum atomic E-state index is 0.301. The molecule has 1 aromatic heterocycles. The molecule has 3 nitrogen and oxygen atoms in total. The molecule has 0 aliphatic carbocycles. The van der Waals surface area contributed by atoms with Crippen molar-refractivity contribution in [3.8, 4) is 6.07 Å². The number of hydrogen-bond donors (Lipinski definition) is 1. The third-order valence-corrected chi connectivity index (χ3v) is 4.06. The van der Waals surface area contributed by atoms with E-state index in [1.54, 1.807) is 11.3 Å². The smallest absolute Gasteiger partial charge is 0.109 e. The number of nitriles is 1. The summed E-state index contributed by atoms with van der Waals surface area (Å²) < 4.78 is 0. The fraction of sp³-hybridized carbons (Fsp3) is 0.333. The summed E-state index contributed by atoms with van der Waals surface area (Å²) in [5.74, 6) is 0. The lowest BCUT2D eigenvalue weighted by atomic mass is 10.1. The zero-order valence-electron chi connectivity index (χ0n) is 11.2. The van der Waals surface area contributed by atoms with Crippen molar-refractivity contribution in [3.05, 3.63) is 51.5 Å². The molecule has 0 bridgehead atoms. The second kappa shape index (κ2) is 6.46. The summed E-state index contributed by atoms with van der Waals surface area (Å²) in [5.41, 5.74) is 3.10. The van der Waals surface area contributed by atoms with Gasteiger partial charge in [0.15, 0.2) is 0 Å². The third kappa shape index (κ3) is 3.40. The number of aryl methyl sites for hydroxylation is 1. The third-order valence-electron chi connectivity index (χ3n) is 3.17. The van der Waals surface area contributed by atoms with E-state index in [4.69, 9.17) is 5.26 Å². The van der Waals surface area contributed by atoms with Gasteiger partial charge in [-0.25, -0.2) is 4.98 Å². The van der Waals surface area contributed by atoms with Crippen molar-refractivity contribution in [2.75, 3.05) is 0 Å². The van der Waals surface area contributed by atoms with Crippen LogP contribution in [0, 0.1) is 18.3 Å². The van der Waals surface area contributed by atoms with Crippen molar-refractivity contribution in [3.63, 3.8) is 0 Å². The van der Waals surface area contributed by atoms with Crippen LogP contribution in [-0.4, -0.2) is 4.98 Å². The molecule has 98 valence electrons. The van der Waals surface area contributed by atoms with E-state index in [1.165, 1.54) is 5.56 Å². The van der Waals surface area contributed by atoms with E-state index in [0.29, 0.717) is 11.6 Å². The topological polar surface area (TPSA) is 48.7 Å². The van der Waals surface area contributed by atoms with Crippen LogP contribution in [0.5, 0.6) is 0 Å². The molecule has 2 rings (SSSR count). The Morgan fingerprint density at radius 2 is 2.32 bits per heavy atom. The molecule has 1 atom stereocenters. The van der Waals surface area contributed by atoms with E-state index < -0.39 is 0 Å². The fourth-order valence-electron chi connectivity index (χ4n) is 2.01. The summed E-state index contributed by atoms with van der Waals surface area (Å²) in [7, 11) is 0. The Morgan fingerprint density at radius 1 is 1.47 bits per heavy atom. The summed E-state index contributed by atoms with van der Waals surface area (Å²) in [6, 6.07) is 8.29. The maximum Gasteiger partial charge on any atom is 0.109 e. The van der Waals surface area contributed by atoms with E-state index in [-0.39, 0.29) is 0 Å². The maximum atomic E-state index is 8.86. The molecule has 1 unspecified atom stereocenters. The highest BCUT2D eigenvalue weighted by Crippen LogP contribution is 2.20. The number of rotatable bonds is 5. The molecule has 0 saturated carbocycles. The molecule has 2 aromatic rings. The lowest BCUT2D eigenvalue weighted by Gasteiger charge is -2.15. The van der Waals surface area contributed by atoms with Crippen molar-refractivity contribution >= 4 is 11.3 Å². The van der Waals surface area contributed by atoms with Crippen LogP contribution >= 0.6 is 11.3 Å². The first kappa shape index (κ1) is 13.7. The molecule has 0 spiro atoms. The Hall–Kier alpha value is -1.70. The quantitative estimate of drug-likeness (QED) is 0.904. The van der Waals surface area contributed by atoms with Crippen LogP contribution in [0.15, 0.2) is 29.8 Å². The average molecular weight is 271 g/mol. The largest absolute Gasteiger partial charge is 0.304 e. The van der Waals surface area contributed by atoms with Gasteiger partial charge in [0.1, 0.15) is 5.01 Å². The van der Waals surface area contributed by atoms with Crippen LogP contribution in [0.25, 0.3) is 0 Å². The normalized spacial score (nSPS) is 12.1. The lowest BCUT2D eigenvalue weighted by molar-refractivity contribution is 0.516. The first-order chi connectivity index (χ1) is 9.24. The fourth-order valence-corrected chi connectivity index (χ4v) is 2.81. The average Bonchev–Trinajstić information content (AvgIpc) is 2.95. The highest BCUT2D eigenvalue weighted by molar-refractivity contribution is 7.09. The van der Waals surface area contributed by atoms with Crippen LogP contribution in [0.4, 0.5) is 0 Å². The van der Waals surface area contributed by atoms with Gasteiger partial charge in [0, 0.05) is 18.1 Å². The Kier molecular flexibility index (Phi) is 4.67. The zero-order valence-corrected chi connectivity index (χ0v) is 12.0. The summed E-state index contributed by atoms with van der Waals surface area (Å²) in [6.45, 7) is 5.00. The Morgan fingerprint density at radius 3 is 2.89 bits per heavy atom. The molecule has 0 aliphatic rings. The molecule has 0 amide bonds. The van der Waals surface area contributed by atoms with Gasteiger partial charge in [-0.1, -0.05) is 13.0 Å². The first-order valence-corrected chi connectivity index (χ1v) is 7.25. The predicted molar refractivity (Wildman–Crippen MR) is 77.9 cm³/mol. The molecular formula is C15H17N3S. The van der Waals surface area contributed by atoms with E-state index in [0.717, 1.165) is 23.5 Å². The number of aromatic nitrogens is 1. The summed E-state index contributed by atoms with van der Waals surface area (Å²) >= 11 is 1.68. The molecule has 1 heterocycles. The molecule has 19 heavy (non-hydrogen) atoms. The van der Waals surface area contributed by atoms with E-state index in [2.05, 4.69) is 23.3 Å². The van der Waals surface area contributed by atoms with Crippen LogP contribution in [0.3, 0.4) is 0 Å². The molecule has 0 saturated heterocycles. The summed E-state index contributed by atoms with van der Waals surface area (Å²) in [6.07, 6.45) is 2.86. The van der Waals surface area contributed by atoms with E-state index >= 15 is 0 Å². The van der Waals surface area contributed by atoms with Gasteiger partial charge in [0.05, 0.1) is 17.7 Å². The molecule has 1 aromatic carbocycles. The Bertz CT molecular complexity index is 570. The van der Waals surface area contributed by atoms with Crippen molar-refractivity contribution < 1.29 is 0 Å². The van der Waals surface area contributed by atoms with Gasteiger partial charge in [-0.15, -0.1) is 11.3 Å². The van der Waals surface area contributed by atoms with Gasteiger partial charge in [-0.05, 0) is 36.6 Å². The molecule has 0 fully saturated rings. The van der Waals surface area contributed by atoms with Gasteiger partial charge in [-0.2, -0.15) is 5.26 Å². The summed E-state index contributed by atoms with van der Waals surface area (Å²) in [5, 5.41) is 15.5. The minimum Gasteiger partial charge on any atom is -0.304 e. The molecular weight excluding hydrogens is 254 g/mol. The van der Waals surface area contributed by atoms with Crippen LogP contribution < -0.4 is 5.32 Å². The van der Waals surface area contributed by atoms with Crippen LogP contribution in [0.1, 0.15) is 41.1 Å². The Labute approximate surface area is 117 Å². The standard InChI is InChI=1S/C15H17N3S/c1-3-14(15-17-6-7-19-15)18-10-13-5-4-12(9-16)8-11(13)2/h4-8,14,18H,3,10H2,1-2H3. The second-order valence-electron chi connectivity index (χ2n) is 4.47. The molecule has 0 radical (unpaired) electrons. The Balaban J connectivity index is 2.04. The van der Waals surface area contributed by atoms with Gasteiger partial charge in [0.25, 0.3) is 0 Å². The zero-order chi connectivity index (χ0) is 13.7. The number of thiazole rings is 1.